The van der Waals surface area contributed by atoms with Crippen molar-refractivity contribution in [2.24, 2.45) is 5.41 Å². The van der Waals surface area contributed by atoms with Gasteiger partial charge in [0.15, 0.2) is 11.5 Å². The Labute approximate surface area is 304 Å². The molecule has 0 saturated heterocycles. The van der Waals surface area contributed by atoms with Crippen LogP contribution in [0.3, 0.4) is 0 Å². The van der Waals surface area contributed by atoms with Gasteiger partial charge in [-0.1, -0.05) is 63.1 Å². The molecule has 51 heavy (non-hydrogen) atoms. The lowest BCUT2D eigenvalue weighted by atomic mass is 9.94. The van der Waals surface area contributed by atoms with Gasteiger partial charge in [-0.15, -0.1) is 5.10 Å². The summed E-state index contributed by atoms with van der Waals surface area (Å²) >= 11 is 6.64. The summed E-state index contributed by atoms with van der Waals surface area (Å²) in [7, 11) is 7.34. The lowest BCUT2D eigenvalue weighted by Crippen LogP contribution is -2.33. The Hall–Kier alpha value is -4.65. The SMILES string of the molecule is CCCCOc1nc(N(Cc2ccc(OC)cc2)Cc2ccc(OC)cc2)c2ncc(C(O)c3cnc(OCC(C)(C)CN(C)C)c(Cl)c3)n2n1. The van der Waals surface area contributed by atoms with Gasteiger partial charge >= 0.3 is 6.01 Å². The van der Waals surface area contributed by atoms with Crippen LogP contribution in [0.5, 0.6) is 23.4 Å². The van der Waals surface area contributed by atoms with Crippen LogP contribution in [-0.2, 0) is 13.1 Å². The summed E-state index contributed by atoms with van der Waals surface area (Å²) in [4.78, 5) is 18.3. The molecule has 0 amide bonds. The summed E-state index contributed by atoms with van der Waals surface area (Å²) in [5, 5.41) is 16.7. The van der Waals surface area contributed by atoms with Crippen molar-refractivity contribution in [1.29, 1.82) is 0 Å². The molecule has 3 aromatic heterocycles. The van der Waals surface area contributed by atoms with Gasteiger partial charge in [0.05, 0.1) is 39.3 Å². The van der Waals surface area contributed by atoms with Crippen LogP contribution < -0.4 is 23.8 Å². The van der Waals surface area contributed by atoms with Crippen molar-refractivity contribution in [1.82, 2.24) is 29.5 Å². The molecule has 5 aromatic rings. The number of rotatable bonds is 18. The van der Waals surface area contributed by atoms with Gasteiger partial charge in [-0.05, 0) is 62.0 Å². The molecule has 1 atom stereocenters. The van der Waals surface area contributed by atoms with Crippen LogP contribution in [-0.4, -0.2) is 82.6 Å². The quantitative estimate of drug-likeness (QED) is 0.0985. The molecule has 12 nitrogen and oxygen atoms in total. The third-order valence-corrected chi connectivity index (χ3v) is 8.48. The van der Waals surface area contributed by atoms with Crippen LogP contribution in [0.25, 0.3) is 5.65 Å². The maximum atomic E-state index is 11.7. The Bertz CT molecular complexity index is 1820. The molecule has 13 heteroatoms. The molecule has 0 aliphatic heterocycles. The molecule has 0 saturated carbocycles. The Balaban J connectivity index is 1.52. The molecule has 0 bridgehead atoms. The number of aliphatic hydroxyl groups is 1. The van der Waals surface area contributed by atoms with Crippen molar-refractivity contribution in [2.45, 2.75) is 52.8 Å². The Morgan fingerprint density at radius 2 is 1.53 bits per heavy atom. The topological polar surface area (TPSA) is 120 Å². The highest BCUT2D eigenvalue weighted by Gasteiger charge is 2.25. The summed E-state index contributed by atoms with van der Waals surface area (Å²) in [6.07, 6.45) is 3.78. The van der Waals surface area contributed by atoms with E-state index in [-0.39, 0.29) is 11.4 Å². The van der Waals surface area contributed by atoms with Crippen LogP contribution in [0.15, 0.2) is 67.0 Å². The van der Waals surface area contributed by atoms with Crippen molar-refractivity contribution < 1.29 is 24.1 Å². The number of hydrogen-bond donors (Lipinski definition) is 1. The largest absolute Gasteiger partial charge is 0.497 e. The average Bonchev–Trinajstić information content (AvgIpc) is 3.54. The van der Waals surface area contributed by atoms with Crippen LogP contribution >= 0.6 is 11.6 Å². The summed E-state index contributed by atoms with van der Waals surface area (Å²) in [5.74, 6) is 2.39. The molecule has 0 radical (unpaired) electrons. The third kappa shape index (κ3) is 9.78. The van der Waals surface area contributed by atoms with E-state index < -0.39 is 6.10 Å². The second kappa shape index (κ2) is 17.0. The summed E-state index contributed by atoms with van der Waals surface area (Å²) in [5.41, 5.74) is 3.27. The third-order valence-electron chi connectivity index (χ3n) is 8.21. The number of anilines is 1. The van der Waals surface area contributed by atoms with E-state index in [1.807, 2.05) is 62.6 Å². The lowest BCUT2D eigenvalue weighted by Gasteiger charge is -2.28. The molecule has 1 unspecified atom stereocenters. The molecule has 1 N–H and O–H groups in total. The fourth-order valence-corrected chi connectivity index (χ4v) is 6.00. The minimum atomic E-state index is -1.16. The van der Waals surface area contributed by atoms with E-state index >= 15 is 0 Å². The van der Waals surface area contributed by atoms with E-state index in [1.165, 1.54) is 0 Å². The molecule has 5 rings (SSSR count). The lowest BCUT2D eigenvalue weighted by molar-refractivity contribution is 0.137. The highest BCUT2D eigenvalue weighted by Crippen LogP contribution is 2.32. The Kier molecular flexibility index (Phi) is 12.6. The van der Waals surface area contributed by atoms with Crippen LogP contribution in [0.1, 0.15) is 62.1 Å². The number of aromatic nitrogens is 5. The van der Waals surface area contributed by atoms with Gasteiger partial charge in [-0.25, -0.2) is 14.5 Å². The minimum absolute atomic E-state index is 0.119. The number of benzene rings is 2. The number of unbranched alkanes of at least 4 members (excludes halogenated alkanes) is 1. The number of nitrogens with zero attached hydrogens (tertiary/aromatic N) is 7. The number of aliphatic hydroxyl groups excluding tert-OH is 1. The molecule has 0 aliphatic carbocycles. The van der Waals surface area contributed by atoms with Crippen molar-refractivity contribution in [2.75, 3.05) is 53.0 Å². The highest BCUT2D eigenvalue weighted by molar-refractivity contribution is 6.31. The van der Waals surface area contributed by atoms with Crippen molar-refractivity contribution in [3.05, 3.63) is 94.4 Å². The fourth-order valence-electron chi connectivity index (χ4n) is 5.77. The van der Waals surface area contributed by atoms with Gasteiger partial charge < -0.3 is 33.9 Å². The maximum absolute atomic E-state index is 11.7. The zero-order valence-corrected chi connectivity index (χ0v) is 31.2. The molecule has 272 valence electrons. The zero-order valence-electron chi connectivity index (χ0n) is 30.5. The van der Waals surface area contributed by atoms with Crippen molar-refractivity contribution >= 4 is 23.1 Å². The first-order valence-corrected chi connectivity index (χ1v) is 17.4. The second-order valence-electron chi connectivity index (χ2n) is 13.5. The van der Waals surface area contributed by atoms with Crippen LogP contribution in [0.4, 0.5) is 5.82 Å². The van der Waals surface area contributed by atoms with E-state index in [1.54, 1.807) is 37.2 Å². The number of halogens is 1. The van der Waals surface area contributed by atoms with Crippen LogP contribution in [0.2, 0.25) is 5.02 Å². The first-order valence-electron chi connectivity index (χ1n) is 17.0. The molecule has 3 heterocycles. The predicted molar refractivity (Wildman–Crippen MR) is 198 cm³/mol. The number of pyridine rings is 1. The molecular weight excluding hydrogens is 670 g/mol. The zero-order chi connectivity index (χ0) is 36.5. The smallest absolute Gasteiger partial charge is 0.336 e. The summed E-state index contributed by atoms with van der Waals surface area (Å²) in [6.45, 7) is 9.03. The van der Waals surface area contributed by atoms with E-state index in [2.05, 4.69) is 35.6 Å². The van der Waals surface area contributed by atoms with Gasteiger partial charge in [0.1, 0.15) is 22.6 Å². The first kappa shape index (κ1) is 37.6. The van der Waals surface area contributed by atoms with Gasteiger partial charge in [0, 0.05) is 36.8 Å². The molecule has 2 aromatic carbocycles. The Morgan fingerprint density at radius 3 is 2.08 bits per heavy atom. The van der Waals surface area contributed by atoms with Gasteiger partial charge in [-0.2, -0.15) is 4.98 Å². The average molecular weight is 718 g/mol. The van der Waals surface area contributed by atoms with Crippen molar-refractivity contribution in [3.63, 3.8) is 0 Å². The van der Waals surface area contributed by atoms with Crippen LogP contribution in [0, 0.1) is 5.41 Å². The molecule has 0 fully saturated rings. The van der Waals surface area contributed by atoms with E-state index in [0.29, 0.717) is 59.9 Å². The highest BCUT2D eigenvalue weighted by atomic mass is 35.5. The standard InChI is InChI=1S/C38H48ClN7O5/c1-8-9-18-50-37-42-35(45(22-26-10-14-29(48-6)15-11-26)23-27-12-16-30(49-7)17-13-27)34-40-21-32(46(34)43-37)33(47)28-19-31(39)36(41-20-28)51-25-38(2,3)24-44(4)5/h10-17,19-21,33,47H,8-9,18,22-25H2,1-7H3. The monoisotopic (exact) mass is 717 g/mol. The van der Waals surface area contributed by atoms with Gasteiger partial charge in [0.25, 0.3) is 0 Å². The minimum Gasteiger partial charge on any atom is -0.497 e. The number of ether oxygens (including phenoxy) is 4. The van der Waals surface area contributed by atoms with E-state index in [9.17, 15) is 5.11 Å². The number of fused-ring (bicyclic) bond motifs is 1. The molecule has 0 aliphatic rings. The number of hydrogen-bond acceptors (Lipinski definition) is 11. The summed E-state index contributed by atoms with van der Waals surface area (Å²) < 4.78 is 24.4. The van der Waals surface area contributed by atoms with E-state index in [4.69, 9.17) is 45.6 Å². The maximum Gasteiger partial charge on any atom is 0.336 e. The normalized spacial score (nSPS) is 12.3. The predicted octanol–water partition coefficient (Wildman–Crippen LogP) is 6.62. The number of imidazole rings is 1. The fraction of sp³-hybridized carbons (Fsp3) is 0.421. The first-order chi connectivity index (χ1) is 24.5. The Morgan fingerprint density at radius 1 is 0.902 bits per heavy atom. The molecular formula is C38H48ClN7O5. The number of methoxy groups -OCH3 is 2. The van der Waals surface area contributed by atoms with E-state index in [0.717, 1.165) is 42.0 Å². The van der Waals surface area contributed by atoms with Crippen molar-refractivity contribution in [3.8, 4) is 23.4 Å². The molecule has 0 spiro atoms. The van der Waals surface area contributed by atoms with Gasteiger partial charge in [0.2, 0.25) is 5.88 Å². The second-order valence-corrected chi connectivity index (χ2v) is 13.9. The summed E-state index contributed by atoms with van der Waals surface area (Å²) in [6, 6.07) is 17.6. The van der Waals surface area contributed by atoms with Gasteiger partial charge in [-0.3, -0.25) is 0 Å².